The predicted molar refractivity (Wildman–Crippen MR) is 112 cm³/mol. The molecule has 0 unspecified atom stereocenters. The van der Waals surface area contributed by atoms with Gasteiger partial charge in [0.05, 0.1) is 29.9 Å². The summed E-state index contributed by atoms with van der Waals surface area (Å²) in [7, 11) is 1.56. The first-order valence-corrected chi connectivity index (χ1v) is 11.4. The lowest BCUT2D eigenvalue weighted by Gasteiger charge is -2.22. The third kappa shape index (κ3) is 4.69. The summed E-state index contributed by atoms with van der Waals surface area (Å²) in [6.07, 6.45) is 3.56. The molecule has 4 rings (SSSR count). The number of likely N-dealkylation sites (tertiary alicyclic amines) is 1. The largest absolute Gasteiger partial charge is 0.418 e. The van der Waals surface area contributed by atoms with Gasteiger partial charge in [-0.25, -0.2) is 0 Å². The molecule has 1 saturated carbocycles. The van der Waals surface area contributed by atoms with Crippen molar-refractivity contribution >= 4 is 29.1 Å². The van der Waals surface area contributed by atoms with Gasteiger partial charge in [0.15, 0.2) is 0 Å². The van der Waals surface area contributed by atoms with E-state index < -0.39 is 0 Å². The van der Waals surface area contributed by atoms with Crippen molar-refractivity contribution in [2.45, 2.75) is 38.6 Å². The average molecular weight is 447 g/mol. The van der Waals surface area contributed by atoms with E-state index in [4.69, 9.17) is 9.15 Å². The third-order valence-corrected chi connectivity index (χ3v) is 6.78. The summed E-state index contributed by atoms with van der Waals surface area (Å²) in [5, 5.41) is 10.0. The van der Waals surface area contributed by atoms with Crippen molar-refractivity contribution in [3.05, 3.63) is 23.4 Å². The average Bonchev–Trinajstić information content (AvgIpc) is 3.52. The maximum absolute atomic E-state index is 12.9. The summed E-state index contributed by atoms with van der Waals surface area (Å²) < 4.78 is 10.8. The van der Waals surface area contributed by atoms with E-state index in [1.165, 1.54) is 16.2 Å². The van der Waals surface area contributed by atoms with E-state index in [0.29, 0.717) is 24.9 Å². The van der Waals surface area contributed by atoms with Crippen LogP contribution in [0.5, 0.6) is 0 Å². The zero-order valence-corrected chi connectivity index (χ0v) is 18.3. The van der Waals surface area contributed by atoms with Gasteiger partial charge in [-0.1, -0.05) is 18.9 Å². The quantitative estimate of drug-likeness (QED) is 0.544. The van der Waals surface area contributed by atoms with Crippen LogP contribution in [0, 0.1) is 11.8 Å². The fourth-order valence-corrected chi connectivity index (χ4v) is 4.94. The molecule has 1 aliphatic heterocycles. The number of thiophene rings is 1. The van der Waals surface area contributed by atoms with Gasteiger partial charge in [0, 0.05) is 26.6 Å². The van der Waals surface area contributed by atoms with Crippen LogP contribution >= 0.6 is 11.3 Å². The zero-order valence-electron chi connectivity index (χ0n) is 17.5. The number of carbonyl (C=O) groups excluding carboxylic acids is 3. The van der Waals surface area contributed by atoms with Gasteiger partial charge in [-0.3, -0.25) is 19.3 Å². The first-order valence-electron chi connectivity index (χ1n) is 10.6. The molecule has 2 fully saturated rings. The van der Waals surface area contributed by atoms with Crippen LogP contribution in [0.1, 0.15) is 38.0 Å². The van der Waals surface area contributed by atoms with Crippen LogP contribution in [0.4, 0.5) is 0 Å². The number of rotatable bonds is 9. The van der Waals surface area contributed by atoms with Crippen LogP contribution < -0.4 is 0 Å². The number of hydrogen-bond donors (Lipinski definition) is 0. The van der Waals surface area contributed by atoms with Crippen LogP contribution in [0.2, 0.25) is 0 Å². The Morgan fingerprint density at radius 2 is 2.00 bits per heavy atom. The zero-order chi connectivity index (χ0) is 21.8. The van der Waals surface area contributed by atoms with Crippen LogP contribution in [0.25, 0.3) is 10.8 Å². The van der Waals surface area contributed by atoms with Gasteiger partial charge >= 0.3 is 0 Å². The van der Waals surface area contributed by atoms with E-state index in [1.54, 1.807) is 12.0 Å². The Morgan fingerprint density at radius 1 is 1.26 bits per heavy atom. The molecule has 10 heteroatoms. The van der Waals surface area contributed by atoms with E-state index in [9.17, 15) is 14.4 Å². The van der Waals surface area contributed by atoms with Crippen molar-refractivity contribution in [3.8, 4) is 10.8 Å². The van der Waals surface area contributed by atoms with Crippen LogP contribution in [0.15, 0.2) is 21.9 Å². The lowest BCUT2D eigenvalue weighted by atomic mass is 9.81. The fraction of sp³-hybridized carbons (Fsp3) is 0.571. The molecule has 9 nitrogen and oxygen atoms in total. The number of hydrogen-bond acceptors (Lipinski definition) is 8. The highest BCUT2D eigenvalue weighted by Gasteiger charge is 2.47. The smallest absolute Gasteiger partial charge is 0.257 e. The molecule has 0 aromatic carbocycles. The minimum Gasteiger partial charge on any atom is -0.418 e. The summed E-state index contributed by atoms with van der Waals surface area (Å²) >= 11 is 1.49. The van der Waals surface area contributed by atoms with E-state index in [1.807, 2.05) is 17.5 Å². The Kier molecular flexibility index (Phi) is 6.77. The lowest BCUT2D eigenvalue weighted by Crippen LogP contribution is -2.38. The SMILES string of the molecule is COCCN(Cc1nnc(-c2cccs2)o1)C(=O)CCN1C(=O)[C@H]2CCCC[C@H]2C1=O. The molecule has 2 aromatic heterocycles. The Bertz CT molecular complexity index is 904. The molecule has 1 aliphatic carbocycles. The number of aromatic nitrogens is 2. The molecule has 3 heterocycles. The van der Waals surface area contributed by atoms with Crippen molar-refractivity contribution in [2.75, 3.05) is 26.8 Å². The first kappa shape index (κ1) is 21.6. The molecule has 0 N–H and O–H groups in total. The third-order valence-electron chi connectivity index (χ3n) is 5.92. The summed E-state index contributed by atoms with van der Waals surface area (Å²) in [6.45, 7) is 0.952. The van der Waals surface area contributed by atoms with E-state index in [0.717, 1.165) is 30.6 Å². The van der Waals surface area contributed by atoms with Crippen molar-refractivity contribution in [2.24, 2.45) is 11.8 Å². The van der Waals surface area contributed by atoms with Crippen molar-refractivity contribution in [3.63, 3.8) is 0 Å². The summed E-state index contributed by atoms with van der Waals surface area (Å²) in [5.41, 5.74) is 0. The topological polar surface area (TPSA) is 106 Å². The Morgan fingerprint density at radius 3 is 2.65 bits per heavy atom. The van der Waals surface area contributed by atoms with Crippen LogP contribution in [-0.4, -0.2) is 64.5 Å². The number of imide groups is 1. The van der Waals surface area contributed by atoms with Gasteiger partial charge in [0.1, 0.15) is 0 Å². The maximum Gasteiger partial charge on any atom is 0.257 e. The molecule has 3 amide bonds. The van der Waals surface area contributed by atoms with Gasteiger partial charge in [-0.2, -0.15) is 0 Å². The van der Waals surface area contributed by atoms with E-state index in [-0.39, 0.29) is 49.1 Å². The maximum atomic E-state index is 12.9. The monoisotopic (exact) mass is 446 g/mol. The van der Waals surface area contributed by atoms with Gasteiger partial charge in [0.2, 0.25) is 23.6 Å². The Balaban J connectivity index is 1.38. The highest BCUT2D eigenvalue weighted by Crippen LogP contribution is 2.38. The van der Waals surface area contributed by atoms with Crippen LogP contribution in [-0.2, 0) is 25.7 Å². The number of fused-ring (bicyclic) bond motifs is 1. The molecule has 166 valence electrons. The highest BCUT2D eigenvalue weighted by molar-refractivity contribution is 7.13. The van der Waals surface area contributed by atoms with Crippen LogP contribution in [0.3, 0.4) is 0 Å². The molecular weight excluding hydrogens is 420 g/mol. The second-order valence-corrected chi connectivity index (χ2v) is 8.81. The Labute approximate surface area is 184 Å². The lowest BCUT2D eigenvalue weighted by molar-refractivity contribution is -0.141. The van der Waals surface area contributed by atoms with Gasteiger partial charge in [-0.05, 0) is 24.3 Å². The molecule has 0 radical (unpaired) electrons. The minimum atomic E-state index is -0.199. The second kappa shape index (κ2) is 9.69. The summed E-state index contributed by atoms with van der Waals surface area (Å²) in [5.74, 6) is -0.0903. The molecule has 2 aliphatic rings. The fourth-order valence-electron chi connectivity index (χ4n) is 4.29. The normalized spacial score (nSPS) is 20.9. The van der Waals surface area contributed by atoms with Crippen molar-refractivity contribution in [1.82, 2.24) is 20.0 Å². The molecule has 0 bridgehead atoms. The number of methoxy groups -OCH3 is 1. The van der Waals surface area contributed by atoms with Crippen molar-refractivity contribution in [1.29, 1.82) is 0 Å². The standard InChI is InChI=1S/C21H26N4O5S/c1-29-11-10-24(13-17-22-23-19(30-17)16-7-4-12-31-16)18(26)8-9-25-20(27)14-5-2-3-6-15(14)21(25)28/h4,7,12,14-15H,2-3,5-6,8-11,13H2,1H3/t14-,15+. The number of ether oxygens (including phenoxy) is 1. The van der Waals surface area contributed by atoms with Crippen molar-refractivity contribution < 1.29 is 23.5 Å². The number of nitrogens with zero attached hydrogens (tertiary/aromatic N) is 4. The number of amides is 3. The van der Waals surface area contributed by atoms with Gasteiger partial charge in [-0.15, -0.1) is 21.5 Å². The Hall–Kier alpha value is -2.59. The number of carbonyl (C=O) groups is 3. The summed E-state index contributed by atoms with van der Waals surface area (Å²) in [6, 6.07) is 3.78. The predicted octanol–water partition coefficient (Wildman–Crippen LogP) is 2.34. The first-order chi connectivity index (χ1) is 15.1. The van der Waals surface area contributed by atoms with Gasteiger partial charge < -0.3 is 14.1 Å². The van der Waals surface area contributed by atoms with Gasteiger partial charge in [0.25, 0.3) is 5.89 Å². The molecule has 31 heavy (non-hydrogen) atoms. The molecule has 2 aromatic rings. The molecule has 1 saturated heterocycles. The molecular formula is C21H26N4O5S. The molecule has 2 atom stereocenters. The summed E-state index contributed by atoms with van der Waals surface area (Å²) in [4.78, 5) is 41.9. The van der Waals surface area contributed by atoms with E-state index in [2.05, 4.69) is 10.2 Å². The highest BCUT2D eigenvalue weighted by atomic mass is 32.1. The van der Waals surface area contributed by atoms with E-state index >= 15 is 0 Å². The molecule has 0 spiro atoms. The second-order valence-electron chi connectivity index (χ2n) is 7.86. The minimum absolute atomic E-state index is 0.0621.